The first-order valence-electron chi connectivity index (χ1n) is 10.8. The maximum atomic E-state index is 15.2. The summed E-state index contributed by atoms with van der Waals surface area (Å²) in [6, 6.07) is 14.8. The number of hydrogen-bond donors (Lipinski definition) is 1. The number of ether oxygens (including phenoxy) is 4. The van der Waals surface area contributed by atoms with Crippen LogP contribution in [-0.4, -0.2) is 29.6 Å². The molecule has 0 bridgehead atoms. The molecule has 37 heavy (non-hydrogen) atoms. The number of nitriles is 1. The van der Waals surface area contributed by atoms with Crippen LogP contribution in [-0.2, 0) is 20.9 Å². The second kappa shape index (κ2) is 12.3. The van der Waals surface area contributed by atoms with E-state index in [4.69, 9.17) is 24.7 Å². The van der Waals surface area contributed by atoms with Crippen LogP contribution in [0.2, 0.25) is 0 Å². The Morgan fingerprint density at radius 2 is 1.81 bits per heavy atom. The minimum Gasteiger partial charge on any atom is -0.485 e. The summed E-state index contributed by atoms with van der Waals surface area (Å²) in [4.78, 5) is 26.5. The molecule has 1 amide bonds. The second-order valence-corrected chi connectivity index (χ2v) is 7.34. The normalized spacial score (nSPS) is 11.2. The highest BCUT2D eigenvalue weighted by atomic mass is 19.2. The summed E-state index contributed by atoms with van der Waals surface area (Å²) in [5.41, 5.74) is 5.94. The molecule has 1 aromatic heterocycles. The minimum absolute atomic E-state index is 0.0365. The van der Waals surface area contributed by atoms with Crippen molar-refractivity contribution in [3.63, 3.8) is 0 Å². The molecule has 9 nitrogen and oxygen atoms in total. The van der Waals surface area contributed by atoms with Crippen LogP contribution in [0.5, 0.6) is 23.1 Å². The smallest absolute Gasteiger partial charge is 0.347 e. The summed E-state index contributed by atoms with van der Waals surface area (Å²) < 4.78 is 64.7. The van der Waals surface area contributed by atoms with Crippen LogP contribution >= 0.6 is 0 Å². The molecule has 0 fully saturated rings. The summed E-state index contributed by atoms with van der Waals surface area (Å²) in [6.45, 7) is 1.38. The van der Waals surface area contributed by atoms with Gasteiger partial charge in [0.1, 0.15) is 6.61 Å². The SMILES string of the molecule is CCOC(=O)C(CC(N)=O)Oc1c(F)c(F)nc(Oc2cc(C#N)ccc2OCc2ccccc2)c1F. The Morgan fingerprint density at radius 3 is 2.46 bits per heavy atom. The van der Waals surface area contributed by atoms with Crippen molar-refractivity contribution in [2.45, 2.75) is 26.1 Å². The number of nitrogens with two attached hydrogens (primary N) is 1. The van der Waals surface area contributed by atoms with E-state index in [0.717, 1.165) is 5.56 Å². The predicted molar refractivity (Wildman–Crippen MR) is 121 cm³/mol. The lowest BCUT2D eigenvalue weighted by Gasteiger charge is -2.18. The van der Waals surface area contributed by atoms with Crippen molar-refractivity contribution < 1.29 is 41.7 Å². The Morgan fingerprint density at radius 1 is 1.08 bits per heavy atom. The third-order valence-electron chi connectivity index (χ3n) is 4.68. The first kappa shape index (κ1) is 26.8. The maximum absolute atomic E-state index is 15.2. The molecule has 12 heteroatoms. The van der Waals surface area contributed by atoms with Crippen molar-refractivity contribution in [2.24, 2.45) is 5.73 Å². The number of amides is 1. The molecule has 0 aliphatic heterocycles. The number of rotatable bonds is 11. The van der Waals surface area contributed by atoms with Gasteiger partial charge in [-0.25, -0.2) is 4.79 Å². The van der Waals surface area contributed by atoms with Crippen molar-refractivity contribution in [1.82, 2.24) is 4.98 Å². The standard InChI is InChI=1S/C25H20F3N3O6/c1-2-34-25(33)18(11-19(30)32)36-22-20(26)23(28)31-24(21(22)27)37-17-10-15(12-29)8-9-16(17)35-13-14-6-4-3-5-7-14/h3-10,18H,2,11,13H2,1H3,(H2,30,32). The van der Waals surface area contributed by atoms with E-state index in [1.54, 1.807) is 24.3 Å². The molecule has 1 heterocycles. The fourth-order valence-corrected chi connectivity index (χ4v) is 2.99. The molecule has 0 saturated carbocycles. The molecule has 0 saturated heterocycles. The molecule has 1 atom stereocenters. The average Bonchev–Trinajstić information content (AvgIpc) is 2.88. The van der Waals surface area contributed by atoms with Crippen molar-refractivity contribution >= 4 is 11.9 Å². The van der Waals surface area contributed by atoms with Crippen molar-refractivity contribution in [3.8, 4) is 29.2 Å². The first-order valence-corrected chi connectivity index (χ1v) is 10.8. The number of halogens is 3. The van der Waals surface area contributed by atoms with E-state index in [1.807, 2.05) is 12.1 Å². The van der Waals surface area contributed by atoms with E-state index in [9.17, 15) is 23.6 Å². The van der Waals surface area contributed by atoms with Crippen LogP contribution in [0.25, 0.3) is 0 Å². The van der Waals surface area contributed by atoms with Crippen LogP contribution in [0.4, 0.5) is 13.2 Å². The molecule has 2 N–H and O–H groups in total. The number of primary amides is 1. The summed E-state index contributed by atoms with van der Waals surface area (Å²) in [7, 11) is 0. The Kier molecular flexibility index (Phi) is 8.88. The van der Waals surface area contributed by atoms with Gasteiger partial charge in [0.25, 0.3) is 11.8 Å². The zero-order chi connectivity index (χ0) is 26.9. The van der Waals surface area contributed by atoms with Gasteiger partial charge < -0.3 is 24.7 Å². The van der Waals surface area contributed by atoms with Gasteiger partial charge in [-0.3, -0.25) is 4.79 Å². The lowest BCUT2D eigenvalue weighted by Crippen LogP contribution is -2.34. The molecule has 1 unspecified atom stereocenters. The van der Waals surface area contributed by atoms with E-state index < -0.39 is 53.6 Å². The zero-order valence-electron chi connectivity index (χ0n) is 19.4. The van der Waals surface area contributed by atoms with Gasteiger partial charge in [-0.1, -0.05) is 30.3 Å². The van der Waals surface area contributed by atoms with Crippen LogP contribution in [0, 0.1) is 28.9 Å². The van der Waals surface area contributed by atoms with Gasteiger partial charge >= 0.3 is 5.97 Å². The van der Waals surface area contributed by atoms with Crippen LogP contribution in [0.15, 0.2) is 48.5 Å². The third kappa shape index (κ3) is 6.88. The molecular formula is C25H20F3N3O6. The number of nitrogens with zero attached hydrogens (tertiary/aromatic N) is 2. The van der Waals surface area contributed by atoms with E-state index in [2.05, 4.69) is 4.98 Å². The quantitative estimate of drug-likeness (QED) is 0.300. The fourth-order valence-electron chi connectivity index (χ4n) is 2.99. The van der Waals surface area contributed by atoms with E-state index >= 15 is 4.39 Å². The summed E-state index contributed by atoms with van der Waals surface area (Å²) in [5.74, 6) is -10.2. The molecule has 3 rings (SSSR count). The van der Waals surface area contributed by atoms with E-state index in [0.29, 0.717) is 0 Å². The minimum atomic E-state index is -1.88. The number of hydrogen-bond acceptors (Lipinski definition) is 8. The van der Waals surface area contributed by atoms with Crippen molar-refractivity contribution in [1.29, 1.82) is 5.26 Å². The fraction of sp³-hybridized carbons (Fsp3) is 0.200. The van der Waals surface area contributed by atoms with Crippen LogP contribution in [0.3, 0.4) is 0 Å². The molecule has 2 aromatic carbocycles. The highest BCUT2D eigenvalue weighted by molar-refractivity contribution is 5.83. The molecule has 0 radical (unpaired) electrons. The van der Waals surface area contributed by atoms with Gasteiger partial charge in [0.15, 0.2) is 11.5 Å². The third-order valence-corrected chi connectivity index (χ3v) is 4.68. The van der Waals surface area contributed by atoms with Gasteiger partial charge in [0.2, 0.25) is 29.4 Å². The summed E-state index contributed by atoms with van der Waals surface area (Å²) >= 11 is 0. The highest BCUT2D eigenvalue weighted by Crippen LogP contribution is 2.37. The molecule has 0 aliphatic carbocycles. The first-order chi connectivity index (χ1) is 17.7. The number of pyridine rings is 1. The van der Waals surface area contributed by atoms with Crippen molar-refractivity contribution in [3.05, 3.63) is 77.2 Å². The van der Waals surface area contributed by atoms with Crippen LogP contribution in [0.1, 0.15) is 24.5 Å². The highest BCUT2D eigenvalue weighted by Gasteiger charge is 2.31. The van der Waals surface area contributed by atoms with Gasteiger partial charge in [-0.15, -0.1) is 0 Å². The summed E-state index contributed by atoms with van der Waals surface area (Å²) in [6.07, 6.45) is -2.68. The average molecular weight is 515 g/mol. The number of esters is 1. The Labute approximate surface area is 209 Å². The second-order valence-electron chi connectivity index (χ2n) is 7.34. The zero-order valence-corrected chi connectivity index (χ0v) is 19.4. The van der Waals surface area contributed by atoms with E-state index in [-0.39, 0.29) is 30.3 Å². The number of carbonyl (C=O) groups excluding carboxylic acids is 2. The number of benzene rings is 2. The Bertz CT molecular complexity index is 1330. The molecular weight excluding hydrogens is 495 g/mol. The summed E-state index contributed by atoms with van der Waals surface area (Å²) in [5, 5.41) is 9.23. The monoisotopic (exact) mass is 515 g/mol. The topological polar surface area (TPSA) is 134 Å². The predicted octanol–water partition coefficient (Wildman–Crippen LogP) is 3.93. The van der Waals surface area contributed by atoms with Crippen LogP contribution < -0.4 is 19.9 Å². The van der Waals surface area contributed by atoms with Gasteiger partial charge in [0, 0.05) is 6.07 Å². The van der Waals surface area contributed by atoms with Gasteiger partial charge in [0.05, 0.1) is 24.7 Å². The number of carbonyl (C=O) groups is 2. The molecule has 0 aliphatic rings. The Hall–Kier alpha value is -4.79. The lowest BCUT2D eigenvalue weighted by atomic mass is 10.2. The maximum Gasteiger partial charge on any atom is 0.347 e. The Balaban J connectivity index is 1.96. The number of aromatic nitrogens is 1. The van der Waals surface area contributed by atoms with Gasteiger partial charge in [-0.05, 0) is 24.6 Å². The van der Waals surface area contributed by atoms with E-state index in [1.165, 1.54) is 25.1 Å². The van der Waals surface area contributed by atoms with Gasteiger partial charge in [-0.2, -0.15) is 23.4 Å². The van der Waals surface area contributed by atoms with Crippen molar-refractivity contribution in [2.75, 3.05) is 6.61 Å². The molecule has 0 spiro atoms. The largest absolute Gasteiger partial charge is 0.485 e. The molecule has 192 valence electrons. The molecule has 3 aromatic rings. The lowest BCUT2D eigenvalue weighted by molar-refractivity contribution is -0.153.